The second kappa shape index (κ2) is 12.2. The van der Waals surface area contributed by atoms with Crippen LogP contribution in [0.5, 0.6) is 23.0 Å². The predicted octanol–water partition coefficient (Wildman–Crippen LogP) is 15.2. The summed E-state index contributed by atoms with van der Waals surface area (Å²) in [4.78, 5) is 0. The van der Waals surface area contributed by atoms with Gasteiger partial charge in [-0.2, -0.15) is 0 Å². The molecule has 2 heteroatoms. The van der Waals surface area contributed by atoms with Gasteiger partial charge in [-0.15, -0.1) is 0 Å². The first-order chi connectivity index (χ1) is 29.3. The summed E-state index contributed by atoms with van der Waals surface area (Å²) in [6.07, 6.45) is 0. The zero-order valence-electron chi connectivity index (χ0n) is 31.9. The smallest absolute Gasteiger partial charge is 0.135 e. The third-order valence-electron chi connectivity index (χ3n) is 13.0. The molecule has 0 aromatic heterocycles. The minimum Gasteiger partial charge on any atom is -0.456 e. The van der Waals surface area contributed by atoms with Gasteiger partial charge in [-0.25, -0.2) is 0 Å². The predicted molar refractivity (Wildman–Crippen MR) is 241 cm³/mol. The third-order valence-corrected chi connectivity index (χ3v) is 13.0. The molecule has 0 unspecified atom stereocenters. The molecule has 0 spiro atoms. The molecule has 2 aliphatic heterocycles. The molecule has 3 aliphatic rings. The highest BCUT2D eigenvalue weighted by atomic mass is 16.5. The van der Waals surface area contributed by atoms with Crippen molar-refractivity contribution in [2.24, 2.45) is 0 Å². The molecule has 0 fully saturated rings. The van der Waals surface area contributed by atoms with Crippen LogP contribution >= 0.6 is 0 Å². The van der Waals surface area contributed by atoms with Gasteiger partial charge >= 0.3 is 0 Å². The van der Waals surface area contributed by atoms with E-state index in [4.69, 9.17) is 9.47 Å². The van der Waals surface area contributed by atoms with Gasteiger partial charge in [0.2, 0.25) is 0 Å². The van der Waals surface area contributed by atoms with Crippen molar-refractivity contribution in [3.63, 3.8) is 0 Å². The van der Waals surface area contributed by atoms with Crippen LogP contribution in [0.2, 0.25) is 0 Å². The lowest BCUT2D eigenvalue weighted by atomic mass is 9.67. The van der Waals surface area contributed by atoms with Crippen molar-refractivity contribution in [1.82, 2.24) is 0 Å². The SMILES string of the molecule is c1ccc(C2(c3ccccc3)c3cc(-c4ccc5c6c(cccc46)-c4ccccc4O5)ccc3-c3ccc(-c4ccc5c6c(cccc46)-c4ccccc4O5)cc32)cc1. The van der Waals surface area contributed by atoms with Gasteiger partial charge in [-0.05, 0) is 114 Å². The minimum atomic E-state index is -0.581. The number of hydrogen-bond acceptors (Lipinski definition) is 2. The van der Waals surface area contributed by atoms with Crippen molar-refractivity contribution in [3.05, 3.63) is 229 Å². The van der Waals surface area contributed by atoms with Crippen molar-refractivity contribution in [2.75, 3.05) is 0 Å². The van der Waals surface area contributed by atoms with E-state index in [1.54, 1.807) is 0 Å². The lowest BCUT2D eigenvalue weighted by molar-refractivity contribution is 0.487. The van der Waals surface area contributed by atoms with E-state index in [9.17, 15) is 0 Å². The molecule has 59 heavy (non-hydrogen) atoms. The average molecular weight is 751 g/mol. The lowest BCUT2D eigenvalue weighted by Gasteiger charge is -2.34. The highest BCUT2D eigenvalue weighted by molar-refractivity contribution is 6.11. The zero-order chi connectivity index (χ0) is 38.7. The summed E-state index contributed by atoms with van der Waals surface area (Å²) in [5.74, 6) is 3.60. The number of rotatable bonds is 4. The Hall–Kier alpha value is -7.68. The quantitative estimate of drug-likeness (QED) is 0.178. The van der Waals surface area contributed by atoms with Gasteiger partial charge in [-0.1, -0.05) is 170 Å². The molecule has 1 aliphatic carbocycles. The number of hydrogen-bond donors (Lipinski definition) is 0. The van der Waals surface area contributed by atoms with Crippen LogP contribution in [0.4, 0.5) is 0 Å². The van der Waals surface area contributed by atoms with Gasteiger partial charge < -0.3 is 9.47 Å². The van der Waals surface area contributed by atoms with Crippen LogP contribution in [0.25, 0.3) is 77.2 Å². The summed E-state index contributed by atoms with van der Waals surface area (Å²) in [6, 6.07) is 75.2. The second-order valence-electron chi connectivity index (χ2n) is 15.9. The molecule has 2 heterocycles. The van der Waals surface area contributed by atoms with Crippen LogP contribution in [0, 0.1) is 0 Å². The molecule has 10 aromatic rings. The molecule has 0 N–H and O–H groups in total. The van der Waals surface area contributed by atoms with Crippen molar-refractivity contribution >= 4 is 21.5 Å². The molecule has 0 amide bonds. The Morgan fingerprint density at radius 2 is 0.678 bits per heavy atom. The zero-order valence-corrected chi connectivity index (χ0v) is 31.9. The Morgan fingerprint density at radius 3 is 1.15 bits per heavy atom. The molecule has 0 bridgehead atoms. The minimum absolute atomic E-state index is 0.581. The molecule has 274 valence electrons. The van der Waals surface area contributed by atoms with Gasteiger partial charge in [0.25, 0.3) is 0 Å². The fraction of sp³-hybridized carbons (Fsp3) is 0.0175. The van der Waals surface area contributed by atoms with Crippen molar-refractivity contribution in [2.45, 2.75) is 5.41 Å². The molecular formula is C57H34O2. The fourth-order valence-corrected chi connectivity index (χ4v) is 10.5. The van der Waals surface area contributed by atoms with E-state index in [0.29, 0.717) is 0 Å². The maximum Gasteiger partial charge on any atom is 0.135 e. The Morgan fingerprint density at radius 1 is 0.271 bits per heavy atom. The van der Waals surface area contributed by atoms with Gasteiger partial charge in [0.1, 0.15) is 23.0 Å². The topological polar surface area (TPSA) is 18.5 Å². The molecule has 0 saturated carbocycles. The van der Waals surface area contributed by atoms with E-state index in [1.165, 1.54) is 77.5 Å². The van der Waals surface area contributed by atoms with Crippen LogP contribution in [0.3, 0.4) is 0 Å². The van der Waals surface area contributed by atoms with Crippen LogP contribution in [0.15, 0.2) is 206 Å². The molecule has 0 radical (unpaired) electrons. The maximum atomic E-state index is 6.51. The first-order valence-electron chi connectivity index (χ1n) is 20.3. The highest BCUT2D eigenvalue weighted by Gasteiger charge is 2.46. The van der Waals surface area contributed by atoms with Crippen LogP contribution in [-0.2, 0) is 5.41 Å². The Kier molecular flexibility index (Phi) is 6.68. The molecule has 0 atom stereocenters. The summed E-state index contributed by atoms with van der Waals surface area (Å²) < 4.78 is 13.0. The third kappa shape index (κ3) is 4.46. The average Bonchev–Trinajstić information content (AvgIpc) is 3.59. The standard InChI is InChI=1S/C57H34O2/c1-3-13-37(14-4-1)57(38-15-5-2-6-16-38)49-33-35(39-29-31-53-55-45(39)19-11-21-47(55)43-17-7-9-23-51(43)58-53)25-27-41(49)42-28-26-36(34-50(42)57)40-30-32-54-56-46(40)20-12-22-48(56)44-18-8-10-24-52(44)59-54/h1-34H. The van der Waals surface area contributed by atoms with Crippen molar-refractivity contribution in [1.29, 1.82) is 0 Å². The first kappa shape index (κ1) is 32.4. The Bertz CT molecular complexity index is 3150. The summed E-state index contributed by atoms with van der Waals surface area (Å²) in [6.45, 7) is 0. The molecular weight excluding hydrogens is 717 g/mol. The summed E-state index contributed by atoms with van der Waals surface area (Å²) in [5.41, 5.74) is 16.4. The molecule has 13 rings (SSSR count). The van der Waals surface area contributed by atoms with Crippen LogP contribution in [-0.4, -0.2) is 0 Å². The van der Waals surface area contributed by atoms with Crippen molar-refractivity contribution < 1.29 is 9.47 Å². The number of fused-ring (bicyclic) bond motifs is 7. The lowest BCUT2D eigenvalue weighted by Crippen LogP contribution is -2.28. The van der Waals surface area contributed by atoms with Crippen LogP contribution in [0.1, 0.15) is 22.3 Å². The van der Waals surface area contributed by atoms with E-state index in [0.717, 1.165) is 44.9 Å². The van der Waals surface area contributed by atoms with Crippen LogP contribution < -0.4 is 9.47 Å². The van der Waals surface area contributed by atoms with E-state index in [2.05, 4.69) is 194 Å². The normalized spacial score (nSPS) is 13.5. The van der Waals surface area contributed by atoms with Gasteiger partial charge in [0, 0.05) is 21.9 Å². The van der Waals surface area contributed by atoms with Gasteiger partial charge in [-0.3, -0.25) is 0 Å². The van der Waals surface area contributed by atoms with Gasteiger partial charge in [0.15, 0.2) is 0 Å². The van der Waals surface area contributed by atoms with E-state index < -0.39 is 5.41 Å². The van der Waals surface area contributed by atoms with Gasteiger partial charge in [0.05, 0.1) is 5.41 Å². The van der Waals surface area contributed by atoms with E-state index in [1.807, 2.05) is 12.1 Å². The summed E-state index contributed by atoms with van der Waals surface area (Å²) in [5, 5.41) is 4.69. The summed E-state index contributed by atoms with van der Waals surface area (Å²) >= 11 is 0. The Labute approximate surface area is 342 Å². The second-order valence-corrected chi connectivity index (χ2v) is 15.9. The highest BCUT2D eigenvalue weighted by Crippen LogP contribution is 2.59. The molecule has 10 aromatic carbocycles. The van der Waals surface area contributed by atoms with E-state index >= 15 is 0 Å². The summed E-state index contributed by atoms with van der Waals surface area (Å²) in [7, 11) is 0. The maximum absolute atomic E-state index is 6.51. The number of ether oxygens (including phenoxy) is 2. The molecule has 2 nitrogen and oxygen atoms in total. The fourth-order valence-electron chi connectivity index (χ4n) is 10.5. The molecule has 0 saturated heterocycles. The number of benzene rings is 10. The Balaban J connectivity index is 1.06. The van der Waals surface area contributed by atoms with Crippen molar-refractivity contribution in [3.8, 4) is 78.6 Å². The number of para-hydroxylation sites is 2. The largest absolute Gasteiger partial charge is 0.456 e. The monoisotopic (exact) mass is 750 g/mol. The first-order valence-corrected chi connectivity index (χ1v) is 20.3. The van der Waals surface area contributed by atoms with E-state index in [-0.39, 0.29) is 0 Å².